The third-order valence-electron chi connectivity index (χ3n) is 1.64. The van der Waals surface area contributed by atoms with E-state index in [1.807, 2.05) is 0 Å². The zero-order valence-corrected chi connectivity index (χ0v) is 6.32. The van der Waals surface area contributed by atoms with E-state index in [0.29, 0.717) is 6.42 Å². The van der Waals surface area contributed by atoms with Crippen LogP contribution in [0.1, 0.15) is 12.8 Å². The predicted molar refractivity (Wildman–Crippen MR) is 35.9 cm³/mol. The Balaban J connectivity index is 2.16. The molecular weight excluding hydrogens is 157 g/mol. The second kappa shape index (κ2) is 2.84. The smallest absolute Gasteiger partial charge is 0.302 e. The molecule has 0 aromatic rings. The van der Waals surface area contributed by atoms with Crippen molar-refractivity contribution in [3.63, 3.8) is 0 Å². The molecule has 0 saturated carbocycles. The summed E-state index contributed by atoms with van der Waals surface area (Å²) < 4.78 is 31.8. The van der Waals surface area contributed by atoms with Crippen LogP contribution in [0.15, 0.2) is 0 Å². The Kier molecular flexibility index (Phi) is 2.25. The number of hydrogen-bond donors (Lipinski definition) is 1. The van der Waals surface area contributed by atoms with Gasteiger partial charge in [-0.05, 0) is 19.4 Å². The normalized spacial score (nSPS) is 25.9. The molecule has 0 aliphatic carbocycles. The van der Waals surface area contributed by atoms with Crippen LogP contribution in [0.2, 0.25) is 0 Å². The van der Waals surface area contributed by atoms with Gasteiger partial charge >= 0.3 is 10.2 Å². The summed E-state index contributed by atoms with van der Waals surface area (Å²) >= 11 is 0. The van der Waals surface area contributed by atoms with Crippen molar-refractivity contribution in [1.82, 2.24) is 5.32 Å². The number of halogens is 1. The van der Waals surface area contributed by atoms with Crippen LogP contribution < -0.4 is 5.32 Å². The topological polar surface area (TPSA) is 46.2 Å². The number of rotatable bonds is 3. The summed E-state index contributed by atoms with van der Waals surface area (Å²) in [5, 5.41) is 2.99. The monoisotopic (exact) mass is 167 g/mol. The average Bonchev–Trinajstić information content (AvgIpc) is 1.56. The van der Waals surface area contributed by atoms with Gasteiger partial charge in [-0.25, -0.2) is 0 Å². The average molecular weight is 167 g/mol. The maximum absolute atomic E-state index is 11.9. The minimum Gasteiger partial charge on any atom is -0.314 e. The molecule has 1 heterocycles. The molecule has 1 atom stereocenters. The van der Waals surface area contributed by atoms with Crippen LogP contribution in [0, 0.1) is 0 Å². The van der Waals surface area contributed by atoms with Crippen LogP contribution in [0.5, 0.6) is 0 Å². The molecule has 1 aliphatic heterocycles. The van der Waals surface area contributed by atoms with Crippen LogP contribution in [-0.2, 0) is 10.2 Å². The highest BCUT2D eigenvalue weighted by Gasteiger charge is 2.18. The van der Waals surface area contributed by atoms with E-state index in [1.54, 1.807) is 0 Å². The van der Waals surface area contributed by atoms with Crippen molar-refractivity contribution in [3.05, 3.63) is 0 Å². The minimum atomic E-state index is -4.24. The van der Waals surface area contributed by atoms with Crippen molar-refractivity contribution in [2.24, 2.45) is 0 Å². The number of hydrogen-bond acceptors (Lipinski definition) is 3. The van der Waals surface area contributed by atoms with Gasteiger partial charge in [-0.3, -0.25) is 0 Å². The number of nitrogens with one attached hydrogen (secondary N) is 1. The van der Waals surface area contributed by atoms with Crippen molar-refractivity contribution in [2.75, 3.05) is 12.3 Å². The predicted octanol–water partition coefficient (Wildman–Crippen LogP) is 0.0377. The maximum Gasteiger partial charge on any atom is 0.302 e. The molecule has 1 rings (SSSR count). The van der Waals surface area contributed by atoms with Crippen LogP contribution >= 0.6 is 0 Å². The van der Waals surface area contributed by atoms with Crippen molar-refractivity contribution in [2.45, 2.75) is 18.9 Å². The molecule has 0 spiro atoms. The highest BCUT2D eigenvalue weighted by Crippen LogP contribution is 2.08. The standard InChI is InChI=1S/C5H10FNO2S/c6-10(8,9)4-2-5-1-3-7-5/h5,7H,1-4H2. The van der Waals surface area contributed by atoms with E-state index in [9.17, 15) is 12.3 Å². The molecule has 60 valence electrons. The van der Waals surface area contributed by atoms with Gasteiger partial charge in [-0.2, -0.15) is 8.42 Å². The Hall–Kier alpha value is -0.160. The molecule has 0 radical (unpaired) electrons. The zero-order chi connectivity index (χ0) is 7.61. The summed E-state index contributed by atoms with van der Waals surface area (Å²) in [6, 6.07) is 0.227. The maximum atomic E-state index is 11.9. The van der Waals surface area contributed by atoms with E-state index >= 15 is 0 Å². The lowest BCUT2D eigenvalue weighted by Gasteiger charge is -2.26. The van der Waals surface area contributed by atoms with E-state index in [0.717, 1.165) is 13.0 Å². The summed E-state index contributed by atoms with van der Waals surface area (Å²) in [5.41, 5.74) is 0. The van der Waals surface area contributed by atoms with Crippen LogP contribution in [0.4, 0.5) is 3.89 Å². The minimum absolute atomic E-state index is 0.227. The van der Waals surface area contributed by atoms with Gasteiger partial charge in [0, 0.05) is 6.04 Å². The Bertz CT molecular complexity index is 198. The summed E-state index contributed by atoms with van der Waals surface area (Å²) in [6.07, 6.45) is 1.37. The SMILES string of the molecule is O=S(=O)(F)CCC1CCN1. The molecule has 1 unspecified atom stereocenters. The van der Waals surface area contributed by atoms with Gasteiger partial charge in [0.15, 0.2) is 0 Å². The quantitative estimate of drug-likeness (QED) is 0.603. The molecule has 1 N–H and O–H groups in total. The first-order chi connectivity index (χ1) is 4.58. The summed E-state index contributed by atoms with van der Waals surface area (Å²) in [6.45, 7) is 0.928. The first kappa shape index (κ1) is 7.94. The van der Waals surface area contributed by atoms with Crippen molar-refractivity contribution in [1.29, 1.82) is 0 Å². The summed E-state index contributed by atoms with van der Waals surface area (Å²) in [5.74, 6) is -0.343. The Morgan fingerprint density at radius 3 is 2.50 bits per heavy atom. The summed E-state index contributed by atoms with van der Waals surface area (Å²) in [4.78, 5) is 0. The Labute approximate surface area is 59.8 Å². The van der Waals surface area contributed by atoms with E-state index in [4.69, 9.17) is 0 Å². The largest absolute Gasteiger partial charge is 0.314 e. The highest BCUT2D eigenvalue weighted by molar-refractivity contribution is 7.86. The molecular formula is C5H10FNO2S. The molecule has 5 heteroatoms. The zero-order valence-electron chi connectivity index (χ0n) is 5.51. The fourth-order valence-corrected chi connectivity index (χ4v) is 1.44. The molecule has 10 heavy (non-hydrogen) atoms. The van der Waals surface area contributed by atoms with Gasteiger partial charge in [-0.15, -0.1) is 3.89 Å². The highest BCUT2D eigenvalue weighted by atomic mass is 32.3. The van der Waals surface area contributed by atoms with E-state index in [2.05, 4.69) is 5.32 Å². The molecule has 0 aromatic heterocycles. The first-order valence-corrected chi connectivity index (χ1v) is 4.79. The third-order valence-corrected chi connectivity index (χ3v) is 2.36. The molecule has 0 amide bonds. The van der Waals surface area contributed by atoms with E-state index < -0.39 is 10.2 Å². The second-order valence-electron chi connectivity index (χ2n) is 2.47. The molecule has 0 bridgehead atoms. The van der Waals surface area contributed by atoms with Crippen LogP contribution in [-0.4, -0.2) is 26.8 Å². The van der Waals surface area contributed by atoms with Gasteiger partial charge in [-0.1, -0.05) is 0 Å². The van der Waals surface area contributed by atoms with Gasteiger partial charge in [0.05, 0.1) is 5.75 Å². The van der Waals surface area contributed by atoms with Gasteiger partial charge < -0.3 is 5.32 Å². The lowest BCUT2D eigenvalue weighted by atomic mass is 10.1. The van der Waals surface area contributed by atoms with E-state index in [-0.39, 0.29) is 11.8 Å². The van der Waals surface area contributed by atoms with Crippen LogP contribution in [0.3, 0.4) is 0 Å². The molecule has 1 aliphatic rings. The first-order valence-electron chi connectivity index (χ1n) is 3.24. The van der Waals surface area contributed by atoms with Gasteiger partial charge in [0.1, 0.15) is 0 Å². The third kappa shape index (κ3) is 2.62. The van der Waals surface area contributed by atoms with E-state index in [1.165, 1.54) is 0 Å². The molecule has 0 aromatic carbocycles. The van der Waals surface area contributed by atoms with Crippen molar-refractivity contribution < 1.29 is 12.3 Å². The molecule has 1 saturated heterocycles. The lowest BCUT2D eigenvalue weighted by Crippen LogP contribution is -2.43. The summed E-state index contributed by atoms with van der Waals surface area (Å²) in [7, 11) is -4.24. The Morgan fingerprint density at radius 2 is 2.20 bits per heavy atom. The van der Waals surface area contributed by atoms with Gasteiger partial charge in [0.25, 0.3) is 0 Å². The second-order valence-corrected chi connectivity index (χ2v) is 3.96. The fourth-order valence-electron chi connectivity index (χ4n) is 0.878. The molecule has 1 fully saturated rings. The van der Waals surface area contributed by atoms with Crippen molar-refractivity contribution >= 4 is 10.2 Å². The Morgan fingerprint density at radius 1 is 1.60 bits per heavy atom. The van der Waals surface area contributed by atoms with Crippen LogP contribution in [0.25, 0.3) is 0 Å². The van der Waals surface area contributed by atoms with Crippen molar-refractivity contribution in [3.8, 4) is 0 Å². The molecule has 3 nitrogen and oxygen atoms in total. The lowest BCUT2D eigenvalue weighted by molar-refractivity contribution is 0.361. The van der Waals surface area contributed by atoms with Gasteiger partial charge in [0.2, 0.25) is 0 Å². The fraction of sp³-hybridized carbons (Fsp3) is 1.00.